The SMILES string of the molecule is CN(Cc1csc(Br)c1)S(=O)(=O)c1ccc(C(=O)O)cn1. The monoisotopic (exact) mass is 390 g/mol. The molecule has 0 spiro atoms. The number of sulfonamides is 1. The zero-order valence-corrected chi connectivity index (χ0v) is 14.1. The van der Waals surface area contributed by atoms with Gasteiger partial charge in [0.15, 0.2) is 5.03 Å². The maximum Gasteiger partial charge on any atom is 0.337 e. The molecular weight excluding hydrogens is 380 g/mol. The fourth-order valence-electron chi connectivity index (χ4n) is 1.59. The molecule has 2 rings (SSSR count). The number of hydrogen-bond donors (Lipinski definition) is 1. The predicted molar refractivity (Wildman–Crippen MR) is 81.9 cm³/mol. The van der Waals surface area contributed by atoms with E-state index in [9.17, 15) is 13.2 Å². The summed E-state index contributed by atoms with van der Waals surface area (Å²) in [5, 5.41) is 10.5. The predicted octanol–water partition coefficient (Wildman–Crippen LogP) is 2.42. The standard InChI is InChI=1S/C12H11BrN2O4S2/c1-15(6-8-4-10(13)20-7-8)21(18,19)11-3-2-9(5-14-11)12(16)17/h2-5,7H,6H2,1H3,(H,16,17). The Labute approximate surface area is 134 Å². The number of aromatic carboxylic acids is 1. The van der Waals surface area contributed by atoms with Crippen LogP contribution in [-0.4, -0.2) is 35.8 Å². The van der Waals surface area contributed by atoms with Crippen molar-refractivity contribution in [3.63, 3.8) is 0 Å². The van der Waals surface area contributed by atoms with Crippen LogP contribution in [0.5, 0.6) is 0 Å². The summed E-state index contributed by atoms with van der Waals surface area (Å²) in [6.07, 6.45) is 1.03. The van der Waals surface area contributed by atoms with Crippen LogP contribution < -0.4 is 0 Å². The van der Waals surface area contributed by atoms with E-state index < -0.39 is 16.0 Å². The molecule has 0 saturated carbocycles. The Morgan fingerprint density at radius 3 is 2.67 bits per heavy atom. The molecule has 0 aromatic carbocycles. The molecule has 21 heavy (non-hydrogen) atoms. The van der Waals surface area contributed by atoms with Crippen LogP contribution in [0.15, 0.2) is 38.6 Å². The van der Waals surface area contributed by atoms with Gasteiger partial charge in [0.25, 0.3) is 10.0 Å². The summed E-state index contributed by atoms with van der Waals surface area (Å²) in [5.41, 5.74) is 0.804. The van der Waals surface area contributed by atoms with Crippen LogP contribution in [0.2, 0.25) is 0 Å². The summed E-state index contributed by atoms with van der Waals surface area (Å²) in [5.74, 6) is -1.15. The van der Waals surface area contributed by atoms with Gasteiger partial charge in [-0.1, -0.05) is 0 Å². The van der Waals surface area contributed by atoms with Gasteiger partial charge in [0.2, 0.25) is 0 Å². The number of thiophene rings is 1. The third-order valence-electron chi connectivity index (χ3n) is 2.68. The van der Waals surface area contributed by atoms with Crippen LogP contribution in [-0.2, 0) is 16.6 Å². The Hall–Kier alpha value is -1.29. The van der Waals surface area contributed by atoms with Gasteiger partial charge in [-0.3, -0.25) is 0 Å². The van der Waals surface area contributed by atoms with E-state index in [-0.39, 0.29) is 17.1 Å². The largest absolute Gasteiger partial charge is 0.478 e. The molecule has 2 aromatic rings. The van der Waals surface area contributed by atoms with Crippen LogP contribution in [0.25, 0.3) is 0 Å². The second-order valence-corrected chi connectivity index (χ2v) is 8.49. The number of pyridine rings is 1. The van der Waals surface area contributed by atoms with Gasteiger partial charge >= 0.3 is 5.97 Å². The molecule has 0 fully saturated rings. The number of carboxylic acid groups (broad SMARTS) is 1. The topological polar surface area (TPSA) is 87.6 Å². The van der Waals surface area contributed by atoms with Gasteiger partial charge in [-0.25, -0.2) is 18.2 Å². The van der Waals surface area contributed by atoms with Crippen LogP contribution in [0, 0.1) is 0 Å². The quantitative estimate of drug-likeness (QED) is 0.846. The zero-order valence-electron chi connectivity index (χ0n) is 10.9. The molecule has 0 saturated heterocycles. The van der Waals surface area contributed by atoms with E-state index in [4.69, 9.17) is 5.11 Å². The Balaban J connectivity index is 2.22. The van der Waals surface area contributed by atoms with Crippen molar-refractivity contribution in [1.29, 1.82) is 0 Å². The van der Waals surface area contributed by atoms with Crippen molar-refractivity contribution in [3.05, 3.63) is 44.7 Å². The zero-order chi connectivity index (χ0) is 15.6. The second kappa shape index (κ2) is 6.22. The molecule has 0 aliphatic heterocycles. The Morgan fingerprint density at radius 1 is 1.48 bits per heavy atom. The van der Waals surface area contributed by atoms with Gasteiger partial charge in [-0.15, -0.1) is 11.3 Å². The molecule has 0 amide bonds. The van der Waals surface area contributed by atoms with Crippen LogP contribution in [0.4, 0.5) is 0 Å². The minimum atomic E-state index is -3.75. The number of hydrogen-bond acceptors (Lipinski definition) is 5. The fraction of sp³-hybridized carbons (Fsp3) is 0.167. The van der Waals surface area contributed by atoms with Gasteiger partial charge < -0.3 is 5.11 Å². The van der Waals surface area contributed by atoms with Gasteiger partial charge in [0.1, 0.15) is 0 Å². The molecule has 112 valence electrons. The third-order valence-corrected chi connectivity index (χ3v) is 5.96. The number of carbonyl (C=O) groups is 1. The molecule has 1 N–H and O–H groups in total. The molecule has 2 aromatic heterocycles. The highest BCUT2D eigenvalue weighted by atomic mass is 79.9. The van der Waals surface area contributed by atoms with E-state index in [2.05, 4.69) is 20.9 Å². The van der Waals surface area contributed by atoms with Crippen molar-refractivity contribution in [2.24, 2.45) is 0 Å². The lowest BCUT2D eigenvalue weighted by Gasteiger charge is -2.15. The van der Waals surface area contributed by atoms with Crippen LogP contribution in [0.1, 0.15) is 15.9 Å². The highest BCUT2D eigenvalue weighted by Gasteiger charge is 2.23. The number of aromatic nitrogens is 1. The summed E-state index contributed by atoms with van der Waals surface area (Å²) in [4.78, 5) is 14.5. The maximum absolute atomic E-state index is 12.3. The molecule has 6 nitrogen and oxygen atoms in total. The minimum absolute atomic E-state index is 0.0571. The summed E-state index contributed by atoms with van der Waals surface area (Å²) in [7, 11) is -2.30. The van der Waals surface area contributed by atoms with Gasteiger partial charge in [0.05, 0.1) is 9.35 Å². The van der Waals surface area contributed by atoms with Crippen molar-refractivity contribution < 1.29 is 18.3 Å². The summed E-state index contributed by atoms with van der Waals surface area (Å²) < 4.78 is 26.8. The van der Waals surface area contributed by atoms with Crippen molar-refractivity contribution in [3.8, 4) is 0 Å². The smallest absolute Gasteiger partial charge is 0.337 e. The van der Waals surface area contributed by atoms with Crippen molar-refractivity contribution in [2.45, 2.75) is 11.6 Å². The lowest BCUT2D eigenvalue weighted by atomic mass is 10.3. The highest BCUT2D eigenvalue weighted by molar-refractivity contribution is 9.11. The maximum atomic E-state index is 12.3. The van der Waals surface area contributed by atoms with Crippen molar-refractivity contribution >= 4 is 43.3 Å². The third kappa shape index (κ3) is 3.67. The first kappa shape index (κ1) is 16.1. The molecule has 0 atom stereocenters. The molecule has 0 aliphatic carbocycles. The van der Waals surface area contributed by atoms with E-state index in [1.54, 1.807) is 0 Å². The first-order valence-corrected chi connectivity index (χ1v) is 8.80. The lowest BCUT2D eigenvalue weighted by molar-refractivity contribution is 0.0696. The first-order chi connectivity index (χ1) is 9.80. The number of rotatable bonds is 5. The summed E-state index contributed by atoms with van der Waals surface area (Å²) in [6.45, 7) is 0.215. The molecular formula is C12H11BrN2O4S2. The Morgan fingerprint density at radius 2 is 2.19 bits per heavy atom. The number of carboxylic acids is 1. The summed E-state index contributed by atoms with van der Waals surface area (Å²) >= 11 is 4.79. The van der Waals surface area contributed by atoms with Gasteiger partial charge in [-0.2, -0.15) is 4.31 Å². The van der Waals surface area contributed by atoms with Crippen molar-refractivity contribution in [1.82, 2.24) is 9.29 Å². The molecule has 2 heterocycles. The fourth-order valence-corrected chi connectivity index (χ4v) is 3.85. The first-order valence-electron chi connectivity index (χ1n) is 5.69. The Bertz CT molecular complexity index is 756. The average Bonchev–Trinajstić information content (AvgIpc) is 2.84. The van der Waals surface area contributed by atoms with E-state index in [1.165, 1.54) is 34.8 Å². The van der Waals surface area contributed by atoms with E-state index >= 15 is 0 Å². The normalized spacial score (nSPS) is 11.8. The van der Waals surface area contributed by atoms with Crippen LogP contribution in [0.3, 0.4) is 0 Å². The average molecular weight is 391 g/mol. The summed E-state index contributed by atoms with van der Waals surface area (Å²) in [6, 6.07) is 4.26. The molecule has 9 heteroatoms. The highest BCUT2D eigenvalue weighted by Crippen LogP contribution is 2.23. The number of halogens is 1. The molecule has 0 aliphatic rings. The van der Waals surface area contributed by atoms with E-state index in [1.807, 2.05) is 11.4 Å². The minimum Gasteiger partial charge on any atom is -0.478 e. The van der Waals surface area contributed by atoms with Gasteiger partial charge in [-0.05, 0) is 45.1 Å². The van der Waals surface area contributed by atoms with Crippen molar-refractivity contribution in [2.75, 3.05) is 7.05 Å². The van der Waals surface area contributed by atoms with E-state index in [0.717, 1.165) is 15.5 Å². The molecule has 0 radical (unpaired) electrons. The molecule has 0 unspecified atom stereocenters. The van der Waals surface area contributed by atoms with Crippen LogP contribution >= 0.6 is 27.3 Å². The second-order valence-electron chi connectivity index (χ2n) is 4.21. The van der Waals surface area contributed by atoms with Gasteiger partial charge in [0, 0.05) is 19.8 Å². The molecule has 0 bridgehead atoms. The lowest BCUT2D eigenvalue weighted by Crippen LogP contribution is -2.27. The van der Waals surface area contributed by atoms with E-state index in [0.29, 0.717) is 0 Å². The number of nitrogens with zero attached hydrogens (tertiary/aromatic N) is 2. The Kier molecular flexibility index (Phi) is 4.77.